The quantitative estimate of drug-likeness (QED) is 0.887. The molecule has 0 spiro atoms. The van der Waals surface area contributed by atoms with Crippen LogP contribution in [0.5, 0.6) is 0 Å². The molecule has 1 unspecified atom stereocenters. The second-order valence-electron chi connectivity index (χ2n) is 5.14. The summed E-state index contributed by atoms with van der Waals surface area (Å²) in [5.74, 6) is -0.341. The maximum absolute atomic E-state index is 13.5. The molecule has 1 aliphatic heterocycles. The minimum absolute atomic E-state index is 0.455. The van der Waals surface area contributed by atoms with Crippen molar-refractivity contribution in [3.8, 4) is 0 Å². The van der Waals surface area contributed by atoms with E-state index >= 15 is 0 Å². The largest absolute Gasteiger partial charge is 0.316 e. The first-order chi connectivity index (χ1) is 8.65. The normalized spacial score (nSPS) is 20.3. The maximum atomic E-state index is 13.5. The lowest BCUT2D eigenvalue weighted by Gasteiger charge is -2.27. The predicted molar refractivity (Wildman–Crippen MR) is 68.3 cm³/mol. The SMILES string of the molecule is CN(Cc1ccc(F)cc1F)CC1CCCNC1. The number of benzene rings is 1. The minimum atomic E-state index is -0.518. The summed E-state index contributed by atoms with van der Waals surface area (Å²) in [6, 6.07) is 3.79. The van der Waals surface area contributed by atoms with Gasteiger partial charge in [-0.1, -0.05) is 6.07 Å². The summed E-state index contributed by atoms with van der Waals surface area (Å²) in [7, 11) is 1.98. The molecule has 1 aromatic rings. The molecule has 1 saturated heterocycles. The lowest BCUT2D eigenvalue weighted by Crippen LogP contribution is -2.36. The standard InChI is InChI=1S/C14H20F2N2/c1-18(9-11-3-2-6-17-8-11)10-12-4-5-13(15)7-14(12)16/h4-5,7,11,17H,2-3,6,8-10H2,1H3. The lowest BCUT2D eigenvalue weighted by molar-refractivity contribution is 0.235. The van der Waals surface area contributed by atoms with Crippen molar-refractivity contribution in [2.45, 2.75) is 19.4 Å². The van der Waals surface area contributed by atoms with Crippen molar-refractivity contribution in [2.24, 2.45) is 5.92 Å². The van der Waals surface area contributed by atoms with Crippen LogP contribution in [0.1, 0.15) is 18.4 Å². The van der Waals surface area contributed by atoms with Crippen molar-refractivity contribution in [3.63, 3.8) is 0 Å². The number of rotatable bonds is 4. The average molecular weight is 254 g/mol. The molecular formula is C14H20F2N2. The lowest BCUT2D eigenvalue weighted by atomic mass is 9.99. The minimum Gasteiger partial charge on any atom is -0.316 e. The first kappa shape index (κ1) is 13.4. The molecule has 100 valence electrons. The second-order valence-corrected chi connectivity index (χ2v) is 5.14. The molecule has 0 aliphatic carbocycles. The van der Waals surface area contributed by atoms with E-state index in [9.17, 15) is 8.78 Å². The summed E-state index contributed by atoms with van der Waals surface area (Å²) in [6.45, 7) is 3.62. The van der Waals surface area contributed by atoms with Crippen LogP contribution in [-0.2, 0) is 6.54 Å². The third-order valence-electron chi connectivity index (χ3n) is 3.42. The first-order valence-corrected chi connectivity index (χ1v) is 6.48. The van der Waals surface area contributed by atoms with Gasteiger partial charge in [-0.25, -0.2) is 8.78 Å². The number of nitrogens with zero attached hydrogens (tertiary/aromatic N) is 1. The van der Waals surface area contributed by atoms with Crippen LogP contribution in [0.2, 0.25) is 0 Å². The van der Waals surface area contributed by atoms with E-state index in [0.717, 1.165) is 25.7 Å². The zero-order valence-corrected chi connectivity index (χ0v) is 10.8. The zero-order valence-electron chi connectivity index (χ0n) is 10.8. The summed E-state index contributed by atoms with van der Waals surface area (Å²) in [5.41, 5.74) is 0.558. The molecule has 1 aliphatic rings. The number of hydrogen-bond donors (Lipinski definition) is 1. The molecule has 0 amide bonds. The van der Waals surface area contributed by atoms with Gasteiger partial charge in [0, 0.05) is 24.7 Å². The fourth-order valence-electron chi connectivity index (χ4n) is 2.53. The molecule has 2 nitrogen and oxygen atoms in total. The highest BCUT2D eigenvalue weighted by Crippen LogP contribution is 2.15. The van der Waals surface area contributed by atoms with Crippen LogP contribution in [-0.4, -0.2) is 31.6 Å². The van der Waals surface area contributed by atoms with E-state index < -0.39 is 11.6 Å². The molecule has 2 rings (SSSR count). The van der Waals surface area contributed by atoms with Crippen LogP contribution in [0.15, 0.2) is 18.2 Å². The van der Waals surface area contributed by atoms with Crippen molar-refractivity contribution >= 4 is 0 Å². The van der Waals surface area contributed by atoms with Crippen LogP contribution in [0.4, 0.5) is 8.78 Å². The topological polar surface area (TPSA) is 15.3 Å². The van der Waals surface area contributed by atoms with Crippen molar-refractivity contribution in [1.29, 1.82) is 0 Å². The smallest absolute Gasteiger partial charge is 0.130 e. The number of nitrogens with one attached hydrogen (secondary N) is 1. The van der Waals surface area contributed by atoms with Gasteiger partial charge in [0.2, 0.25) is 0 Å². The van der Waals surface area contributed by atoms with Gasteiger partial charge in [0.25, 0.3) is 0 Å². The van der Waals surface area contributed by atoms with E-state index in [2.05, 4.69) is 10.2 Å². The zero-order chi connectivity index (χ0) is 13.0. The summed E-state index contributed by atoms with van der Waals surface area (Å²) in [6.07, 6.45) is 2.44. The molecular weight excluding hydrogens is 234 g/mol. The molecule has 0 saturated carbocycles. The van der Waals surface area contributed by atoms with Gasteiger partial charge in [-0.05, 0) is 45.0 Å². The Labute approximate surface area is 107 Å². The number of hydrogen-bond acceptors (Lipinski definition) is 2. The summed E-state index contributed by atoms with van der Waals surface area (Å²) in [5, 5.41) is 3.37. The molecule has 0 bridgehead atoms. The Balaban J connectivity index is 1.87. The molecule has 0 aromatic heterocycles. The van der Waals surface area contributed by atoms with Gasteiger partial charge in [-0.3, -0.25) is 0 Å². The Morgan fingerprint density at radius 3 is 2.89 bits per heavy atom. The van der Waals surface area contributed by atoms with Crippen molar-refractivity contribution in [3.05, 3.63) is 35.4 Å². The Bertz CT molecular complexity index is 389. The Hall–Kier alpha value is -1.00. The van der Waals surface area contributed by atoms with Gasteiger partial charge in [-0.2, -0.15) is 0 Å². The highest BCUT2D eigenvalue weighted by molar-refractivity contribution is 5.18. The Morgan fingerprint density at radius 1 is 1.39 bits per heavy atom. The van der Waals surface area contributed by atoms with Crippen molar-refractivity contribution in [2.75, 3.05) is 26.7 Å². The van der Waals surface area contributed by atoms with E-state index in [1.165, 1.54) is 25.0 Å². The summed E-state index contributed by atoms with van der Waals surface area (Å²) in [4.78, 5) is 2.11. The molecule has 1 N–H and O–H groups in total. The van der Waals surface area contributed by atoms with E-state index in [0.29, 0.717) is 18.0 Å². The van der Waals surface area contributed by atoms with Crippen LogP contribution in [0.3, 0.4) is 0 Å². The third kappa shape index (κ3) is 3.75. The number of piperidine rings is 1. The molecule has 1 fully saturated rings. The van der Waals surface area contributed by atoms with E-state index in [4.69, 9.17) is 0 Å². The second kappa shape index (κ2) is 6.25. The van der Waals surface area contributed by atoms with Crippen LogP contribution in [0.25, 0.3) is 0 Å². The van der Waals surface area contributed by atoms with Crippen LogP contribution >= 0.6 is 0 Å². The fourth-order valence-corrected chi connectivity index (χ4v) is 2.53. The summed E-state index contributed by atoms with van der Waals surface area (Å²) >= 11 is 0. The maximum Gasteiger partial charge on any atom is 0.130 e. The van der Waals surface area contributed by atoms with E-state index in [1.54, 1.807) is 0 Å². The van der Waals surface area contributed by atoms with Gasteiger partial charge in [0.15, 0.2) is 0 Å². The Morgan fingerprint density at radius 2 is 2.22 bits per heavy atom. The number of halogens is 2. The highest BCUT2D eigenvalue weighted by Gasteiger charge is 2.15. The van der Waals surface area contributed by atoms with Crippen molar-refractivity contribution < 1.29 is 8.78 Å². The van der Waals surface area contributed by atoms with E-state index in [-0.39, 0.29) is 0 Å². The van der Waals surface area contributed by atoms with E-state index in [1.807, 2.05) is 7.05 Å². The molecule has 0 radical (unpaired) electrons. The molecule has 1 aromatic carbocycles. The molecule has 1 heterocycles. The molecule has 1 atom stereocenters. The third-order valence-corrected chi connectivity index (χ3v) is 3.42. The van der Waals surface area contributed by atoms with Crippen LogP contribution < -0.4 is 5.32 Å². The Kier molecular flexibility index (Phi) is 4.66. The van der Waals surface area contributed by atoms with Crippen LogP contribution in [0, 0.1) is 17.6 Å². The average Bonchev–Trinajstić information content (AvgIpc) is 2.34. The predicted octanol–water partition coefficient (Wildman–Crippen LogP) is 2.40. The van der Waals surface area contributed by atoms with Gasteiger partial charge < -0.3 is 10.2 Å². The van der Waals surface area contributed by atoms with Crippen molar-refractivity contribution in [1.82, 2.24) is 10.2 Å². The summed E-state index contributed by atoms with van der Waals surface area (Å²) < 4.78 is 26.3. The molecule has 18 heavy (non-hydrogen) atoms. The van der Waals surface area contributed by atoms with Gasteiger partial charge in [0.1, 0.15) is 11.6 Å². The van der Waals surface area contributed by atoms with Gasteiger partial charge in [-0.15, -0.1) is 0 Å². The van der Waals surface area contributed by atoms with Gasteiger partial charge in [0.05, 0.1) is 0 Å². The molecule has 4 heteroatoms. The monoisotopic (exact) mass is 254 g/mol. The highest BCUT2D eigenvalue weighted by atomic mass is 19.1. The van der Waals surface area contributed by atoms with Gasteiger partial charge >= 0.3 is 0 Å². The first-order valence-electron chi connectivity index (χ1n) is 6.48. The fraction of sp³-hybridized carbons (Fsp3) is 0.571.